The Balaban J connectivity index is 1.41. The van der Waals surface area contributed by atoms with E-state index in [-0.39, 0.29) is 31.4 Å². The minimum atomic E-state index is -0.405. The van der Waals surface area contributed by atoms with Gasteiger partial charge in [0.2, 0.25) is 17.8 Å². The molecule has 0 spiro atoms. The Morgan fingerprint density at radius 2 is 1.88 bits per heavy atom. The molecule has 2 amide bonds. The van der Waals surface area contributed by atoms with Crippen LogP contribution in [0, 0.1) is 0 Å². The van der Waals surface area contributed by atoms with E-state index in [0.29, 0.717) is 55.2 Å². The topological polar surface area (TPSA) is 110 Å². The second kappa shape index (κ2) is 15.2. The number of aliphatic imine (C=N–C) groups is 1. The summed E-state index contributed by atoms with van der Waals surface area (Å²) < 4.78 is 16.5. The maximum Gasteiger partial charge on any atom is 0.325 e. The van der Waals surface area contributed by atoms with Gasteiger partial charge >= 0.3 is 5.97 Å². The van der Waals surface area contributed by atoms with Crippen molar-refractivity contribution in [2.45, 2.75) is 70.9 Å². The minimum Gasteiger partial charge on any atom is -0.496 e. The van der Waals surface area contributed by atoms with E-state index in [9.17, 15) is 14.4 Å². The number of carbonyl (C=O) groups excluding carboxylic acids is 3. The Bertz CT molecular complexity index is 1270. The average molecular weight is 579 g/mol. The highest BCUT2D eigenvalue weighted by molar-refractivity contribution is 6.00. The molecule has 0 aromatic heterocycles. The SMILES string of the molecule is CCOC(=O)CN1Cc2cc(OCCCC(=O)NC3CCCCC3)ccc2N=C1N(C)C(=O)Cc1ccccc1OC. The summed E-state index contributed by atoms with van der Waals surface area (Å²) in [4.78, 5) is 46.0. The quantitative estimate of drug-likeness (QED) is 0.294. The molecule has 0 radical (unpaired) electrons. The monoisotopic (exact) mass is 578 g/mol. The third-order valence-corrected chi connectivity index (χ3v) is 7.54. The highest BCUT2D eigenvalue weighted by atomic mass is 16.5. The second-order valence-electron chi connectivity index (χ2n) is 10.7. The number of amides is 2. The van der Waals surface area contributed by atoms with Crippen molar-refractivity contribution in [2.24, 2.45) is 4.99 Å². The Morgan fingerprint density at radius 1 is 1.10 bits per heavy atom. The Hall–Kier alpha value is -4.08. The number of esters is 1. The van der Waals surface area contributed by atoms with Crippen molar-refractivity contribution in [3.05, 3.63) is 53.6 Å². The molecule has 0 saturated heterocycles. The van der Waals surface area contributed by atoms with Crippen molar-refractivity contribution in [2.75, 3.05) is 33.9 Å². The van der Waals surface area contributed by atoms with Crippen molar-refractivity contribution in [1.82, 2.24) is 15.1 Å². The summed E-state index contributed by atoms with van der Waals surface area (Å²) in [6.07, 6.45) is 6.93. The fourth-order valence-corrected chi connectivity index (χ4v) is 5.33. The van der Waals surface area contributed by atoms with Gasteiger partial charge in [0.05, 0.1) is 32.4 Å². The summed E-state index contributed by atoms with van der Waals surface area (Å²) in [7, 11) is 3.23. The van der Waals surface area contributed by atoms with Crippen molar-refractivity contribution < 1.29 is 28.6 Å². The van der Waals surface area contributed by atoms with E-state index in [1.54, 1.807) is 26.0 Å². The molecule has 0 atom stereocenters. The fourth-order valence-electron chi connectivity index (χ4n) is 5.33. The molecule has 1 heterocycles. The molecule has 10 heteroatoms. The van der Waals surface area contributed by atoms with Gasteiger partial charge in [-0.3, -0.25) is 19.3 Å². The van der Waals surface area contributed by atoms with Gasteiger partial charge in [-0.15, -0.1) is 0 Å². The molecule has 2 aromatic rings. The van der Waals surface area contributed by atoms with Crippen molar-refractivity contribution in [1.29, 1.82) is 0 Å². The molecule has 42 heavy (non-hydrogen) atoms. The van der Waals surface area contributed by atoms with Gasteiger partial charge in [-0.25, -0.2) is 4.99 Å². The number of benzene rings is 2. The molecule has 0 bridgehead atoms. The van der Waals surface area contributed by atoms with E-state index in [0.717, 1.165) is 24.0 Å². The molecule has 1 fully saturated rings. The van der Waals surface area contributed by atoms with Gasteiger partial charge in [-0.1, -0.05) is 37.5 Å². The number of ether oxygens (including phenoxy) is 3. The normalized spacial score (nSPS) is 14.8. The summed E-state index contributed by atoms with van der Waals surface area (Å²) in [5.41, 5.74) is 2.32. The summed E-state index contributed by atoms with van der Waals surface area (Å²) in [6, 6.07) is 13.3. The lowest BCUT2D eigenvalue weighted by atomic mass is 9.95. The molecule has 1 saturated carbocycles. The van der Waals surface area contributed by atoms with Crippen LogP contribution in [-0.2, 0) is 32.1 Å². The van der Waals surface area contributed by atoms with Crippen LogP contribution in [0.5, 0.6) is 11.5 Å². The zero-order valence-corrected chi connectivity index (χ0v) is 24.9. The number of para-hydroxylation sites is 1. The van der Waals surface area contributed by atoms with E-state index in [1.165, 1.54) is 24.2 Å². The summed E-state index contributed by atoms with van der Waals surface area (Å²) >= 11 is 0. The van der Waals surface area contributed by atoms with Crippen LogP contribution in [0.15, 0.2) is 47.5 Å². The predicted molar refractivity (Wildman–Crippen MR) is 160 cm³/mol. The van der Waals surface area contributed by atoms with Gasteiger partial charge in [0, 0.05) is 37.2 Å². The first-order chi connectivity index (χ1) is 20.4. The Kier molecular flexibility index (Phi) is 11.2. The molecule has 2 aliphatic rings. The van der Waals surface area contributed by atoms with Gasteiger partial charge in [-0.2, -0.15) is 0 Å². The molecular weight excluding hydrogens is 536 g/mol. The number of guanidine groups is 1. The van der Waals surface area contributed by atoms with Crippen LogP contribution in [0.3, 0.4) is 0 Å². The number of rotatable bonds is 12. The van der Waals surface area contributed by atoms with Crippen molar-refractivity contribution >= 4 is 29.4 Å². The highest BCUT2D eigenvalue weighted by Crippen LogP contribution is 2.31. The highest BCUT2D eigenvalue weighted by Gasteiger charge is 2.29. The molecule has 226 valence electrons. The molecular formula is C32H42N4O6. The second-order valence-corrected chi connectivity index (χ2v) is 10.7. The lowest BCUT2D eigenvalue weighted by Crippen LogP contribution is -2.48. The molecule has 4 rings (SSSR count). The van der Waals surface area contributed by atoms with Gasteiger partial charge in [0.1, 0.15) is 18.0 Å². The third-order valence-electron chi connectivity index (χ3n) is 7.54. The zero-order chi connectivity index (χ0) is 29.9. The summed E-state index contributed by atoms with van der Waals surface area (Å²) in [5, 5.41) is 3.14. The average Bonchev–Trinajstić information content (AvgIpc) is 2.99. The van der Waals surface area contributed by atoms with E-state index in [1.807, 2.05) is 42.5 Å². The van der Waals surface area contributed by atoms with Crippen LogP contribution in [0.2, 0.25) is 0 Å². The number of methoxy groups -OCH3 is 1. The number of carbonyl (C=O) groups is 3. The number of hydrogen-bond acceptors (Lipinski definition) is 8. The van der Waals surface area contributed by atoms with Gasteiger partial charge < -0.3 is 24.4 Å². The number of fused-ring (bicyclic) bond motifs is 1. The smallest absolute Gasteiger partial charge is 0.325 e. The largest absolute Gasteiger partial charge is 0.496 e. The molecule has 1 N–H and O–H groups in total. The fraction of sp³-hybridized carbons (Fsp3) is 0.500. The lowest BCUT2D eigenvalue weighted by molar-refractivity contribution is -0.144. The van der Waals surface area contributed by atoms with Crippen LogP contribution >= 0.6 is 0 Å². The summed E-state index contributed by atoms with van der Waals surface area (Å²) in [6.45, 7) is 2.72. The number of hydrogen-bond donors (Lipinski definition) is 1. The van der Waals surface area contributed by atoms with E-state index < -0.39 is 5.97 Å². The predicted octanol–water partition coefficient (Wildman–Crippen LogP) is 4.37. The van der Waals surface area contributed by atoms with Crippen LogP contribution in [0.4, 0.5) is 5.69 Å². The Labute approximate surface area is 248 Å². The van der Waals surface area contributed by atoms with Crippen molar-refractivity contribution in [3.63, 3.8) is 0 Å². The van der Waals surface area contributed by atoms with Crippen LogP contribution in [0.1, 0.15) is 63.0 Å². The third kappa shape index (κ3) is 8.47. The van der Waals surface area contributed by atoms with Crippen LogP contribution in [0.25, 0.3) is 0 Å². The first-order valence-corrected chi connectivity index (χ1v) is 14.8. The first-order valence-electron chi connectivity index (χ1n) is 14.8. The number of likely N-dealkylation sites (N-methyl/N-ethyl adjacent to an activating group) is 1. The van der Waals surface area contributed by atoms with E-state index in [2.05, 4.69) is 5.32 Å². The van der Waals surface area contributed by atoms with Crippen molar-refractivity contribution in [3.8, 4) is 11.5 Å². The minimum absolute atomic E-state index is 0.0560. The first kappa shape index (κ1) is 30.9. The maximum atomic E-state index is 13.3. The standard InChI is InChI=1S/C32H42N4O6/c1-4-41-31(39)22-36-21-24-19-26(42-18-10-15-29(37)33-25-12-6-5-7-13-25)16-17-27(24)34-32(36)35(2)30(38)20-23-11-8-9-14-28(23)40-3/h8-9,11,14,16-17,19,25H,4-7,10,12-13,15,18,20-22H2,1-3H3,(H,33,37). The molecule has 1 aliphatic heterocycles. The van der Waals surface area contributed by atoms with E-state index in [4.69, 9.17) is 19.2 Å². The molecule has 1 aliphatic carbocycles. The van der Waals surface area contributed by atoms with E-state index >= 15 is 0 Å². The Morgan fingerprint density at radius 3 is 2.64 bits per heavy atom. The van der Waals surface area contributed by atoms with Crippen LogP contribution in [-0.4, -0.2) is 73.5 Å². The molecule has 10 nitrogen and oxygen atoms in total. The molecule has 0 unspecified atom stereocenters. The summed E-state index contributed by atoms with van der Waals surface area (Å²) in [5.74, 6) is 1.15. The molecule has 2 aromatic carbocycles. The zero-order valence-electron chi connectivity index (χ0n) is 24.9. The van der Waals surface area contributed by atoms with Gasteiger partial charge in [0.25, 0.3) is 0 Å². The van der Waals surface area contributed by atoms with Crippen LogP contribution < -0.4 is 14.8 Å². The van der Waals surface area contributed by atoms with Gasteiger partial charge in [0.15, 0.2) is 0 Å². The number of nitrogens with one attached hydrogen (secondary N) is 1. The lowest BCUT2D eigenvalue weighted by Gasteiger charge is -2.34. The maximum absolute atomic E-state index is 13.3. The number of nitrogens with zero attached hydrogens (tertiary/aromatic N) is 3. The van der Waals surface area contributed by atoms with Gasteiger partial charge in [-0.05, 0) is 50.5 Å².